The number of allylic oxidation sites excluding steroid dienone is 7. The molecule has 7 heteroatoms. The number of carbonyl (C=O) groups excluding carboxylic acids is 3. The average molecular weight is 621 g/mol. The Bertz CT molecular complexity index is 1430. The monoisotopic (exact) mass is 620 g/mol. The van der Waals surface area contributed by atoms with Crippen LogP contribution in [0, 0.1) is 33.0 Å². The first kappa shape index (κ1) is 32.1. The van der Waals surface area contributed by atoms with E-state index in [0.717, 1.165) is 88.2 Å². The molecule has 0 aromatic rings. The Morgan fingerprint density at radius 1 is 0.911 bits per heavy atom. The van der Waals surface area contributed by atoms with Gasteiger partial charge in [0.05, 0.1) is 5.41 Å². The predicted molar refractivity (Wildman–Crippen MR) is 171 cm³/mol. The summed E-state index contributed by atoms with van der Waals surface area (Å²) in [5.74, 6) is -0.485. The van der Waals surface area contributed by atoms with Gasteiger partial charge in [-0.15, -0.1) is 0 Å². The van der Waals surface area contributed by atoms with Gasteiger partial charge in [0, 0.05) is 17.9 Å². The number of ketones is 1. The van der Waals surface area contributed by atoms with Gasteiger partial charge in [0.2, 0.25) is 12.1 Å². The molecule has 4 fully saturated rings. The van der Waals surface area contributed by atoms with Crippen molar-refractivity contribution in [2.75, 3.05) is 0 Å². The number of hydrogen-bond donors (Lipinski definition) is 1. The Balaban J connectivity index is 1.23. The lowest BCUT2D eigenvalue weighted by Gasteiger charge is -2.70. The zero-order valence-corrected chi connectivity index (χ0v) is 28.3. The number of hydrogen-bond acceptors (Lipinski definition) is 7. The normalized spacial score (nSPS) is 40.4. The maximum absolute atomic E-state index is 13.8. The fraction of sp³-hybridized carbons (Fsp3) is 0.711. The summed E-state index contributed by atoms with van der Waals surface area (Å²) in [6.45, 7) is 15.0. The first-order valence-corrected chi connectivity index (χ1v) is 17.2. The molecule has 0 heterocycles. The molecule has 4 saturated carbocycles. The second-order valence-electron chi connectivity index (χ2n) is 16.3. The number of aliphatic hydroxyl groups excluding tert-OH is 1. The Hall–Kier alpha value is -2.83. The van der Waals surface area contributed by atoms with Gasteiger partial charge in [-0.3, -0.25) is 9.59 Å². The van der Waals surface area contributed by atoms with Crippen LogP contribution in [-0.4, -0.2) is 35.4 Å². The van der Waals surface area contributed by atoms with E-state index < -0.39 is 17.9 Å². The molecular weight excluding hydrogens is 568 g/mol. The quantitative estimate of drug-likeness (QED) is 0.247. The first-order chi connectivity index (χ1) is 21.1. The zero-order valence-electron chi connectivity index (χ0n) is 28.3. The van der Waals surface area contributed by atoms with Crippen LogP contribution in [0.4, 0.5) is 4.79 Å². The SMILES string of the molecule is CC1=C(O)C(=O)C=C2C1=CC=C1[C@@]2(C)CC[C@@]2(C)[C@@H]3C[C@](C)(C(=O)OC(C)OC(=O)OC4CCCCC4)CC[C@]3(C)CC[C@]12C. The van der Waals surface area contributed by atoms with Gasteiger partial charge in [-0.1, -0.05) is 51.8 Å². The van der Waals surface area contributed by atoms with E-state index in [1.165, 1.54) is 5.57 Å². The van der Waals surface area contributed by atoms with E-state index in [-0.39, 0.29) is 51.2 Å². The molecule has 0 amide bonds. The van der Waals surface area contributed by atoms with Crippen molar-refractivity contribution in [2.24, 2.45) is 33.0 Å². The van der Waals surface area contributed by atoms with Crippen LogP contribution in [0.1, 0.15) is 126 Å². The standard InChI is InChI=1S/C38H52O7/c1-23-26-13-14-29-36(5,27(26)21-28(39)31(23)40)18-20-38(7)30-22-35(4,16-15-34(30,3)17-19-37(29,38)6)32(41)43-24(2)44-33(42)45-25-11-9-8-10-12-25/h13-14,21,24-25,30,40H,8-12,15-20,22H2,1-7H3/t24?,30-,34-,35-,36+,37-,38+/m1/s1. The van der Waals surface area contributed by atoms with Gasteiger partial charge in [0.1, 0.15) is 6.10 Å². The molecule has 6 rings (SSSR count). The largest absolute Gasteiger partial charge is 0.511 e. The van der Waals surface area contributed by atoms with Crippen molar-refractivity contribution < 1.29 is 33.7 Å². The summed E-state index contributed by atoms with van der Waals surface area (Å²) < 4.78 is 16.7. The number of ether oxygens (including phenoxy) is 3. The van der Waals surface area contributed by atoms with Crippen molar-refractivity contribution in [1.82, 2.24) is 0 Å². The second kappa shape index (κ2) is 10.9. The van der Waals surface area contributed by atoms with Crippen LogP contribution in [0.2, 0.25) is 0 Å². The van der Waals surface area contributed by atoms with Crippen molar-refractivity contribution in [3.8, 4) is 0 Å². The van der Waals surface area contributed by atoms with E-state index in [1.54, 1.807) is 13.0 Å². The maximum atomic E-state index is 13.8. The third-order valence-corrected chi connectivity index (χ3v) is 13.7. The van der Waals surface area contributed by atoms with Crippen molar-refractivity contribution in [3.05, 3.63) is 46.3 Å². The summed E-state index contributed by atoms with van der Waals surface area (Å²) in [6, 6.07) is 0. The minimum absolute atomic E-state index is 0.0726. The lowest BCUT2D eigenvalue weighted by molar-refractivity contribution is -0.197. The first-order valence-electron chi connectivity index (χ1n) is 17.2. The van der Waals surface area contributed by atoms with Crippen molar-refractivity contribution >= 4 is 17.9 Å². The van der Waals surface area contributed by atoms with E-state index in [2.05, 4.69) is 39.8 Å². The molecular formula is C38H52O7. The van der Waals surface area contributed by atoms with E-state index >= 15 is 0 Å². The maximum Gasteiger partial charge on any atom is 0.511 e. The van der Waals surface area contributed by atoms with Crippen LogP contribution >= 0.6 is 0 Å². The Labute approximate surface area is 268 Å². The van der Waals surface area contributed by atoms with Gasteiger partial charge in [0.15, 0.2) is 5.76 Å². The molecule has 1 N–H and O–H groups in total. The minimum atomic E-state index is -1.02. The van der Waals surface area contributed by atoms with E-state index in [1.807, 2.05) is 13.8 Å². The molecule has 6 aliphatic carbocycles. The smallest absolute Gasteiger partial charge is 0.504 e. The van der Waals surface area contributed by atoms with Crippen molar-refractivity contribution in [2.45, 2.75) is 138 Å². The summed E-state index contributed by atoms with van der Waals surface area (Å²) in [6.07, 6.45) is 15.5. The van der Waals surface area contributed by atoms with Crippen LogP contribution in [0.15, 0.2) is 46.3 Å². The number of carbonyl (C=O) groups is 3. The number of fused-ring (bicyclic) bond motifs is 7. The van der Waals surface area contributed by atoms with Crippen LogP contribution < -0.4 is 0 Å². The molecule has 0 aromatic carbocycles. The molecule has 0 bridgehead atoms. The Kier molecular flexibility index (Phi) is 7.76. The molecule has 0 radical (unpaired) electrons. The van der Waals surface area contributed by atoms with Gasteiger partial charge in [-0.25, -0.2) is 4.79 Å². The highest BCUT2D eigenvalue weighted by Gasteiger charge is 2.67. The van der Waals surface area contributed by atoms with Crippen molar-refractivity contribution in [1.29, 1.82) is 0 Å². The molecule has 7 atom stereocenters. The van der Waals surface area contributed by atoms with E-state index in [9.17, 15) is 19.5 Å². The minimum Gasteiger partial charge on any atom is -0.504 e. The highest BCUT2D eigenvalue weighted by Crippen LogP contribution is 2.75. The van der Waals surface area contributed by atoms with E-state index in [0.29, 0.717) is 5.57 Å². The number of esters is 1. The number of aliphatic hydroxyl groups is 1. The molecule has 0 aliphatic heterocycles. The summed E-state index contributed by atoms with van der Waals surface area (Å²) in [5, 5.41) is 10.4. The fourth-order valence-corrected chi connectivity index (χ4v) is 10.4. The van der Waals surface area contributed by atoms with Crippen LogP contribution in [0.3, 0.4) is 0 Å². The Morgan fingerprint density at radius 2 is 1.60 bits per heavy atom. The molecule has 45 heavy (non-hydrogen) atoms. The van der Waals surface area contributed by atoms with Gasteiger partial charge < -0.3 is 19.3 Å². The van der Waals surface area contributed by atoms with Crippen LogP contribution in [0.25, 0.3) is 0 Å². The van der Waals surface area contributed by atoms with Crippen LogP contribution in [-0.2, 0) is 23.8 Å². The number of rotatable bonds is 4. The molecule has 0 aromatic heterocycles. The zero-order chi connectivity index (χ0) is 32.6. The molecule has 6 aliphatic rings. The lowest BCUT2D eigenvalue weighted by atomic mass is 9.34. The second-order valence-corrected chi connectivity index (χ2v) is 16.3. The molecule has 0 saturated heterocycles. The summed E-state index contributed by atoms with van der Waals surface area (Å²) in [4.78, 5) is 39.0. The van der Waals surface area contributed by atoms with E-state index in [4.69, 9.17) is 14.2 Å². The third kappa shape index (κ3) is 4.93. The van der Waals surface area contributed by atoms with Gasteiger partial charge >= 0.3 is 12.1 Å². The third-order valence-electron chi connectivity index (χ3n) is 13.7. The molecule has 1 unspecified atom stereocenters. The van der Waals surface area contributed by atoms with Gasteiger partial charge in [0.25, 0.3) is 0 Å². The highest BCUT2D eigenvalue weighted by atomic mass is 16.8. The summed E-state index contributed by atoms with van der Waals surface area (Å²) >= 11 is 0. The average Bonchev–Trinajstić information content (AvgIpc) is 2.99. The predicted octanol–water partition coefficient (Wildman–Crippen LogP) is 8.99. The van der Waals surface area contributed by atoms with Gasteiger partial charge in [-0.05, 0) is 124 Å². The van der Waals surface area contributed by atoms with Crippen molar-refractivity contribution in [3.63, 3.8) is 0 Å². The lowest BCUT2D eigenvalue weighted by Crippen LogP contribution is -2.62. The fourth-order valence-electron chi connectivity index (χ4n) is 10.4. The molecule has 246 valence electrons. The molecule has 7 nitrogen and oxygen atoms in total. The molecule has 0 spiro atoms. The summed E-state index contributed by atoms with van der Waals surface area (Å²) in [5.41, 5.74) is 2.95. The highest BCUT2D eigenvalue weighted by molar-refractivity contribution is 6.06. The van der Waals surface area contributed by atoms with Crippen LogP contribution in [0.5, 0.6) is 0 Å². The Morgan fingerprint density at radius 3 is 2.31 bits per heavy atom. The topological polar surface area (TPSA) is 99.1 Å². The van der Waals surface area contributed by atoms with Gasteiger partial charge in [-0.2, -0.15) is 0 Å². The summed E-state index contributed by atoms with van der Waals surface area (Å²) in [7, 11) is 0.